The molecule has 1 aromatic rings. The third-order valence-corrected chi connectivity index (χ3v) is 3.67. The Bertz CT molecular complexity index is 300. The van der Waals surface area contributed by atoms with Crippen LogP contribution in [0.2, 0.25) is 0 Å². The van der Waals surface area contributed by atoms with Crippen LogP contribution in [0.1, 0.15) is 45.1 Å². The lowest BCUT2D eigenvalue weighted by Gasteiger charge is -2.45. The Morgan fingerprint density at radius 1 is 1.27 bits per heavy atom. The summed E-state index contributed by atoms with van der Waals surface area (Å²) in [4.78, 5) is 0. The molecule has 0 saturated heterocycles. The van der Waals surface area contributed by atoms with Gasteiger partial charge in [0.25, 0.3) is 0 Å². The van der Waals surface area contributed by atoms with Crippen LogP contribution in [-0.2, 0) is 5.54 Å². The quantitative estimate of drug-likeness (QED) is 0.790. The van der Waals surface area contributed by atoms with Crippen LogP contribution in [0.25, 0.3) is 0 Å². The van der Waals surface area contributed by atoms with Crippen molar-refractivity contribution in [3.05, 3.63) is 35.9 Å². The van der Waals surface area contributed by atoms with E-state index in [0.29, 0.717) is 6.04 Å². The van der Waals surface area contributed by atoms with Crippen LogP contribution in [0.3, 0.4) is 0 Å². The van der Waals surface area contributed by atoms with E-state index in [1.807, 2.05) is 0 Å². The van der Waals surface area contributed by atoms with Gasteiger partial charge in [0.1, 0.15) is 0 Å². The normalized spacial score (nSPS) is 20.7. The van der Waals surface area contributed by atoms with E-state index in [1.54, 1.807) is 0 Å². The van der Waals surface area contributed by atoms with Crippen LogP contribution in [0.15, 0.2) is 30.3 Å². The Hall–Kier alpha value is -0.820. The molecule has 0 heterocycles. The summed E-state index contributed by atoms with van der Waals surface area (Å²) in [6, 6.07) is 11.5. The monoisotopic (exact) mass is 203 g/mol. The lowest BCUT2D eigenvalue weighted by molar-refractivity contribution is 0.165. The van der Waals surface area contributed by atoms with Gasteiger partial charge in [-0.25, -0.2) is 0 Å². The molecule has 1 aliphatic carbocycles. The smallest absolute Gasteiger partial charge is 0.0436 e. The second-order valence-corrected chi connectivity index (χ2v) is 4.76. The Labute approximate surface area is 92.9 Å². The van der Waals surface area contributed by atoms with E-state index in [0.717, 1.165) is 0 Å². The molecule has 1 N–H and O–H groups in total. The van der Waals surface area contributed by atoms with Crippen LogP contribution < -0.4 is 5.32 Å². The molecule has 1 heteroatoms. The molecule has 1 aliphatic rings. The molecular weight excluding hydrogens is 182 g/mol. The molecule has 1 fully saturated rings. The molecule has 0 bridgehead atoms. The summed E-state index contributed by atoms with van der Waals surface area (Å²) in [5, 5.41) is 3.80. The van der Waals surface area contributed by atoms with Gasteiger partial charge in [-0.2, -0.15) is 0 Å². The van der Waals surface area contributed by atoms with E-state index in [-0.39, 0.29) is 5.54 Å². The minimum Gasteiger partial charge on any atom is -0.305 e. The number of hydrogen-bond acceptors (Lipinski definition) is 1. The van der Waals surface area contributed by atoms with E-state index in [4.69, 9.17) is 0 Å². The number of rotatable bonds is 4. The lowest BCUT2D eigenvalue weighted by Crippen LogP contribution is -2.51. The van der Waals surface area contributed by atoms with Gasteiger partial charge in [0, 0.05) is 11.6 Å². The van der Waals surface area contributed by atoms with Crippen molar-refractivity contribution in [3.8, 4) is 0 Å². The first-order valence-electron chi connectivity index (χ1n) is 6.10. The average Bonchev–Trinajstić information content (AvgIpc) is 2.24. The van der Waals surface area contributed by atoms with Crippen LogP contribution in [0, 0.1) is 0 Å². The van der Waals surface area contributed by atoms with Gasteiger partial charge in [0.05, 0.1) is 0 Å². The number of nitrogens with one attached hydrogen (secondary N) is 1. The van der Waals surface area contributed by atoms with Gasteiger partial charge in [-0.3, -0.25) is 0 Å². The van der Waals surface area contributed by atoms with E-state index in [1.165, 1.54) is 31.2 Å². The Morgan fingerprint density at radius 2 is 1.93 bits per heavy atom. The number of benzene rings is 1. The van der Waals surface area contributed by atoms with Crippen molar-refractivity contribution < 1.29 is 0 Å². The fourth-order valence-corrected chi connectivity index (χ4v) is 2.38. The summed E-state index contributed by atoms with van der Waals surface area (Å²) >= 11 is 0. The van der Waals surface area contributed by atoms with Gasteiger partial charge in [0.15, 0.2) is 0 Å². The van der Waals surface area contributed by atoms with Gasteiger partial charge in [0.2, 0.25) is 0 Å². The molecule has 0 aliphatic heterocycles. The van der Waals surface area contributed by atoms with Crippen molar-refractivity contribution in [1.29, 1.82) is 0 Å². The average molecular weight is 203 g/mol. The zero-order valence-corrected chi connectivity index (χ0v) is 9.79. The maximum atomic E-state index is 3.80. The molecule has 1 aromatic carbocycles. The van der Waals surface area contributed by atoms with Gasteiger partial charge in [-0.1, -0.05) is 37.3 Å². The Balaban J connectivity index is 2.15. The predicted molar refractivity (Wildman–Crippen MR) is 64.9 cm³/mol. The SMILES string of the molecule is CCC(C)NC1(c2ccccc2)CCC1. The molecule has 0 aromatic heterocycles. The Morgan fingerprint density at radius 3 is 2.40 bits per heavy atom. The van der Waals surface area contributed by atoms with Crippen LogP contribution in [0.5, 0.6) is 0 Å². The zero-order valence-electron chi connectivity index (χ0n) is 9.79. The molecule has 1 atom stereocenters. The zero-order chi connectivity index (χ0) is 10.7. The van der Waals surface area contributed by atoms with Crippen molar-refractivity contribution in [2.45, 2.75) is 51.1 Å². The highest BCUT2D eigenvalue weighted by molar-refractivity contribution is 5.27. The molecular formula is C14H21N. The molecule has 1 saturated carbocycles. The van der Waals surface area contributed by atoms with Crippen molar-refractivity contribution in [2.75, 3.05) is 0 Å². The molecule has 15 heavy (non-hydrogen) atoms. The van der Waals surface area contributed by atoms with Gasteiger partial charge in [-0.05, 0) is 38.2 Å². The highest BCUT2D eigenvalue weighted by Gasteiger charge is 2.38. The summed E-state index contributed by atoms with van der Waals surface area (Å²) in [7, 11) is 0. The summed E-state index contributed by atoms with van der Waals surface area (Å²) in [6.07, 6.45) is 5.15. The Kier molecular flexibility index (Phi) is 3.11. The highest BCUT2D eigenvalue weighted by Crippen LogP contribution is 2.41. The molecule has 0 amide bonds. The van der Waals surface area contributed by atoms with Crippen molar-refractivity contribution >= 4 is 0 Å². The van der Waals surface area contributed by atoms with Crippen LogP contribution >= 0.6 is 0 Å². The second kappa shape index (κ2) is 4.36. The molecule has 1 nitrogen and oxygen atoms in total. The summed E-state index contributed by atoms with van der Waals surface area (Å²) in [5.41, 5.74) is 1.76. The summed E-state index contributed by atoms with van der Waals surface area (Å²) < 4.78 is 0. The predicted octanol–water partition coefficient (Wildman–Crippen LogP) is 3.45. The van der Waals surface area contributed by atoms with Gasteiger partial charge >= 0.3 is 0 Å². The lowest BCUT2D eigenvalue weighted by atomic mass is 9.71. The van der Waals surface area contributed by atoms with Crippen molar-refractivity contribution in [2.24, 2.45) is 0 Å². The van der Waals surface area contributed by atoms with Crippen molar-refractivity contribution in [1.82, 2.24) is 5.32 Å². The molecule has 0 radical (unpaired) electrons. The second-order valence-electron chi connectivity index (χ2n) is 4.76. The summed E-state index contributed by atoms with van der Waals surface area (Å²) in [6.45, 7) is 4.53. The highest BCUT2D eigenvalue weighted by atomic mass is 15.0. The minimum atomic E-state index is 0.288. The third-order valence-electron chi connectivity index (χ3n) is 3.67. The topological polar surface area (TPSA) is 12.0 Å². The van der Waals surface area contributed by atoms with E-state index in [2.05, 4.69) is 49.5 Å². The van der Waals surface area contributed by atoms with Crippen molar-refractivity contribution in [3.63, 3.8) is 0 Å². The first-order chi connectivity index (χ1) is 7.27. The maximum Gasteiger partial charge on any atom is 0.0436 e. The largest absolute Gasteiger partial charge is 0.305 e. The molecule has 2 rings (SSSR count). The minimum absolute atomic E-state index is 0.288. The van der Waals surface area contributed by atoms with E-state index in [9.17, 15) is 0 Å². The maximum absolute atomic E-state index is 3.80. The molecule has 1 unspecified atom stereocenters. The van der Waals surface area contributed by atoms with Crippen LogP contribution in [-0.4, -0.2) is 6.04 Å². The molecule has 82 valence electrons. The van der Waals surface area contributed by atoms with E-state index < -0.39 is 0 Å². The standard InChI is InChI=1S/C14H21N/c1-3-12(2)15-14(10-7-11-14)13-8-5-4-6-9-13/h4-6,8-9,12,15H,3,7,10-11H2,1-2H3. The fraction of sp³-hybridized carbons (Fsp3) is 0.571. The number of hydrogen-bond donors (Lipinski definition) is 1. The summed E-state index contributed by atoms with van der Waals surface area (Å²) in [5.74, 6) is 0. The van der Waals surface area contributed by atoms with Gasteiger partial charge < -0.3 is 5.32 Å². The first kappa shape index (κ1) is 10.7. The van der Waals surface area contributed by atoms with Crippen LogP contribution in [0.4, 0.5) is 0 Å². The fourth-order valence-electron chi connectivity index (χ4n) is 2.38. The molecule has 0 spiro atoms. The third kappa shape index (κ3) is 2.07. The van der Waals surface area contributed by atoms with E-state index >= 15 is 0 Å². The van der Waals surface area contributed by atoms with Gasteiger partial charge in [-0.15, -0.1) is 0 Å². The first-order valence-corrected chi connectivity index (χ1v) is 6.10.